The SMILES string of the molecule is Cn1c(=O)n(C2CCC(=O)CC2=O)c2cccc(CCCOC3CC(CC4CCC(n5cc(NC(=O)c6coc(-c7ccnc(NCC8CC8)c7)n6)c(C(F)F)n5)CC4)C3)c21. The first-order chi connectivity index (χ1) is 29.6. The lowest BCUT2D eigenvalue weighted by Crippen LogP contribution is -2.34. The highest BCUT2D eigenvalue weighted by atomic mass is 19.3. The summed E-state index contributed by atoms with van der Waals surface area (Å²) in [5, 5.41) is 10.1. The number of carbonyl (C=O) groups is 3. The third-order valence-corrected chi connectivity index (χ3v) is 13.2. The maximum atomic E-state index is 14.1. The predicted octanol–water partition coefficient (Wildman–Crippen LogP) is 8.01. The Bertz CT molecular complexity index is 2470. The lowest BCUT2D eigenvalue weighted by atomic mass is 9.72. The number of halogens is 2. The minimum absolute atomic E-state index is 0.0263. The summed E-state index contributed by atoms with van der Waals surface area (Å²) in [6.07, 6.45) is 13.1. The van der Waals surface area contributed by atoms with E-state index in [1.165, 1.54) is 25.3 Å². The summed E-state index contributed by atoms with van der Waals surface area (Å²) in [6, 6.07) is 8.73. The third-order valence-electron chi connectivity index (χ3n) is 13.2. The molecule has 4 aromatic heterocycles. The van der Waals surface area contributed by atoms with E-state index in [9.17, 15) is 28.0 Å². The average Bonchev–Trinajstić information content (AvgIpc) is 3.64. The number of alkyl halides is 2. The molecule has 5 aromatic rings. The van der Waals surface area contributed by atoms with Gasteiger partial charge in [-0.25, -0.2) is 23.5 Å². The fourth-order valence-corrected chi connectivity index (χ4v) is 9.57. The van der Waals surface area contributed by atoms with Gasteiger partial charge in [0.25, 0.3) is 12.3 Å². The number of hydrogen-bond donors (Lipinski definition) is 2. The average molecular weight is 839 g/mol. The van der Waals surface area contributed by atoms with Gasteiger partial charge in [-0.1, -0.05) is 12.1 Å². The van der Waals surface area contributed by atoms with Crippen molar-refractivity contribution >= 4 is 40.0 Å². The topological polar surface area (TPSA) is 168 Å². The minimum Gasteiger partial charge on any atom is -0.444 e. The highest BCUT2D eigenvalue weighted by Gasteiger charge is 2.35. The van der Waals surface area contributed by atoms with Crippen LogP contribution >= 0.6 is 0 Å². The van der Waals surface area contributed by atoms with Gasteiger partial charge in [0.2, 0.25) is 5.89 Å². The van der Waals surface area contributed by atoms with Crippen molar-refractivity contribution in [3.05, 3.63) is 76.4 Å². The molecule has 4 aliphatic rings. The smallest absolute Gasteiger partial charge is 0.329 e. The van der Waals surface area contributed by atoms with Crippen molar-refractivity contribution in [2.75, 3.05) is 23.8 Å². The lowest BCUT2D eigenvalue weighted by molar-refractivity contribution is -0.132. The van der Waals surface area contributed by atoms with Crippen molar-refractivity contribution in [2.24, 2.45) is 24.8 Å². The van der Waals surface area contributed by atoms with Crippen LogP contribution in [-0.2, 0) is 27.8 Å². The van der Waals surface area contributed by atoms with E-state index in [-0.39, 0.29) is 53.1 Å². The molecule has 1 amide bonds. The molecule has 0 aliphatic heterocycles. The second kappa shape index (κ2) is 17.5. The van der Waals surface area contributed by atoms with Crippen molar-refractivity contribution in [1.29, 1.82) is 0 Å². The molecule has 61 heavy (non-hydrogen) atoms. The number of ketones is 2. The van der Waals surface area contributed by atoms with Gasteiger partial charge >= 0.3 is 5.69 Å². The van der Waals surface area contributed by atoms with E-state index in [2.05, 4.69) is 25.7 Å². The summed E-state index contributed by atoms with van der Waals surface area (Å²) in [4.78, 5) is 59.6. The summed E-state index contributed by atoms with van der Waals surface area (Å²) in [6.45, 7) is 1.47. The number of imidazole rings is 1. The highest BCUT2D eigenvalue weighted by Crippen LogP contribution is 2.42. The van der Waals surface area contributed by atoms with Crippen LogP contribution in [-0.4, -0.2) is 65.6 Å². The number of benzene rings is 1. The highest BCUT2D eigenvalue weighted by molar-refractivity contribution is 6.04. The first-order valence-corrected chi connectivity index (χ1v) is 21.8. The first kappa shape index (κ1) is 40.9. The molecule has 1 aromatic carbocycles. The van der Waals surface area contributed by atoms with Crippen LogP contribution in [0.5, 0.6) is 0 Å². The quantitative estimate of drug-likeness (QED) is 0.0734. The van der Waals surface area contributed by atoms with E-state index in [0.29, 0.717) is 48.6 Å². The molecule has 1 unspecified atom stereocenters. The molecule has 0 spiro atoms. The standard InChI is InChI=1S/C45H52F2N8O6/c1-53-41-29(4-2-6-37(41)55(45(53)59)36-14-13-32(56)22-38(36)57)5-3-17-60-33-19-28(20-33)18-26-9-11-31(12-10-26)54-24-34(40(52-54)42(46)47)50-43(58)35-25-61-44(51-35)30-15-16-48-39(21-30)49-23-27-7-8-27/h2,4,6,15-16,21,24-28,31,33,36,42H,3,5,7-14,17-20,22-23H2,1H3,(H,48,49)(H,50,58). The van der Waals surface area contributed by atoms with Gasteiger partial charge in [-0.15, -0.1) is 0 Å². The Morgan fingerprint density at radius 2 is 1.82 bits per heavy atom. The zero-order valence-electron chi connectivity index (χ0n) is 34.4. The zero-order valence-corrected chi connectivity index (χ0v) is 34.4. The van der Waals surface area contributed by atoms with Crippen LogP contribution in [0.2, 0.25) is 0 Å². The van der Waals surface area contributed by atoms with Crippen molar-refractivity contribution < 1.29 is 32.3 Å². The monoisotopic (exact) mass is 838 g/mol. The summed E-state index contributed by atoms with van der Waals surface area (Å²) in [7, 11) is 1.74. The van der Waals surface area contributed by atoms with Crippen molar-refractivity contribution in [3.8, 4) is 11.5 Å². The summed E-state index contributed by atoms with van der Waals surface area (Å²) in [5.74, 6) is 1.84. The predicted molar refractivity (Wildman–Crippen MR) is 223 cm³/mol. The molecular weight excluding hydrogens is 787 g/mol. The number of Topliss-reactive ketones (excluding diaryl/α,β-unsaturated/α-hetero) is 2. The number of rotatable bonds is 16. The van der Waals surface area contributed by atoms with Crippen LogP contribution < -0.4 is 16.3 Å². The number of aryl methyl sites for hydroxylation is 2. The number of amides is 1. The molecular formula is C45H52F2N8O6. The molecule has 0 saturated heterocycles. The molecule has 9 rings (SSSR count). The largest absolute Gasteiger partial charge is 0.444 e. The number of oxazole rings is 1. The summed E-state index contributed by atoms with van der Waals surface area (Å²) >= 11 is 0. The maximum absolute atomic E-state index is 14.1. The van der Waals surface area contributed by atoms with E-state index >= 15 is 0 Å². The number of pyridine rings is 1. The van der Waals surface area contributed by atoms with Gasteiger partial charge in [0.15, 0.2) is 17.2 Å². The Morgan fingerprint density at radius 3 is 2.59 bits per heavy atom. The Morgan fingerprint density at radius 1 is 1.02 bits per heavy atom. The molecule has 14 nitrogen and oxygen atoms in total. The van der Waals surface area contributed by atoms with E-state index in [1.54, 1.807) is 39.2 Å². The molecule has 4 aliphatic carbocycles. The first-order valence-electron chi connectivity index (χ1n) is 21.8. The van der Waals surface area contributed by atoms with Gasteiger partial charge in [0.1, 0.15) is 17.9 Å². The van der Waals surface area contributed by atoms with Gasteiger partial charge in [-0.2, -0.15) is 5.10 Å². The van der Waals surface area contributed by atoms with Crippen molar-refractivity contribution in [2.45, 2.75) is 115 Å². The van der Waals surface area contributed by atoms with Gasteiger partial charge in [-0.05, 0) is 119 Å². The Hall–Kier alpha value is -5.51. The number of nitrogens with zero attached hydrogens (tertiary/aromatic N) is 6. The molecule has 4 fully saturated rings. The molecule has 4 heterocycles. The molecule has 0 radical (unpaired) electrons. The lowest BCUT2D eigenvalue weighted by Gasteiger charge is -2.39. The van der Waals surface area contributed by atoms with Gasteiger partial charge < -0.3 is 19.8 Å². The van der Waals surface area contributed by atoms with Gasteiger partial charge in [-0.3, -0.25) is 28.2 Å². The van der Waals surface area contributed by atoms with Crippen LogP contribution in [0, 0.1) is 17.8 Å². The van der Waals surface area contributed by atoms with Crippen molar-refractivity contribution in [3.63, 3.8) is 0 Å². The van der Waals surface area contributed by atoms with E-state index < -0.39 is 24.1 Å². The number of carbonyl (C=O) groups excluding carboxylic acids is 3. The fraction of sp³-hybridized carbons (Fsp3) is 0.533. The van der Waals surface area contributed by atoms with E-state index in [4.69, 9.17) is 9.15 Å². The number of aromatic nitrogens is 6. The van der Waals surface area contributed by atoms with Gasteiger partial charge in [0.05, 0.1) is 41.3 Å². The Balaban J connectivity index is 0.716. The molecule has 2 N–H and O–H groups in total. The molecule has 0 bridgehead atoms. The van der Waals surface area contributed by atoms with Crippen LogP contribution in [0.3, 0.4) is 0 Å². The number of hydrogen-bond acceptors (Lipinski definition) is 10. The number of anilines is 2. The molecule has 1 atom stereocenters. The normalized spacial score (nSPS) is 23.1. The number of ether oxygens (including phenoxy) is 1. The number of para-hydroxylation sites is 1. The van der Waals surface area contributed by atoms with Crippen LogP contribution in [0.1, 0.15) is 124 Å². The van der Waals surface area contributed by atoms with Gasteiger partial charge in [0, 0.05) is 44.6 Å². The molecule has 4 saturated carbocycles. The Labute approximate surface area is 351 Å². The van der Waals surface area contributed by atoms with Crippen LogP contribution in [0.25, 0.3) is 22.5 Å². The molecule has 16 heteroatoms. The van der Waals surface area contributed by atoms with E-state index in [0.717, 1.165) is 80.9 Å². The zero-order chi connectivity index (χ0) is 42.2. The maximum Gasteiger partial charge on any atom is 0.329 e. The number of nitrogens with one attached hydrogen (secondary N) is 2. The fourth-order valence-electron chi connectivity index (χ4n) is 9.57. The second-order valence-corrected chi connectivity index (χ2v) is 17.5. The van der Waals surface area contributed by atoms with Crippen LogP contribution in [0.4, 0.5) is 20.3 Å². The third kappa shape index (κ3) is 8.95. The summed E-state index contributed by atoms with van der Waals surface area (Å²) in [5.41, 5.74) is 2.49. The van der Waals surface area contributed by atoms with Crippen LogP contribution in [0.15, 0.2) is 58.2 Å². The van der Waals surface area contributed by atoms with E-state index in [1.807, 2.05) is 18.2 Å². The minimum atomic E-state index is -2.86. The Kier molecular flexibility index (Phi) is 11.7. The second-order valence-electron chi connectivity index (χ2n) is 17.5. The molecule has 322 valence electrons. The summed E-state index contributed by atoms with van der Waals surface area (Å²) < 4.78 is 44.9. The number of fused-ring (bicyclic) bond motifs is 1. The van der Waals surface area contributed by atoms with Crippen molar-refractivity contribution in [1.82, 2.24) is 28.9 Å².